The van der Waals surface area contributed by atoms with Gasteiger partial charge in [0, 0.05) is 56.6 Å². The molecule has 0 amide bonds. The van der Waals surface area contributed by atoms with Gasteiger partial charge in [0.05, 0.1) is 22.8 Å². The third-order valence-electron chi connectivity index (χ3n) is 6.58. The molecule has 3 aromatic heterocycles. The van der Waals surface area contributed by atoms with Gasteiger partial charge in [-0.05, 0) is 24.1 Å². The van der Waals surface area contributed by atoms with Gasteiger partial charge in [0.15, 0.2) is 0 Å². The highest BCUT2D eigenvalue weighted by atomic mass is 19.1. The molecule has 1 aliphatic heterocycles. The van der Waals surface area contributed by atoms with E-state index in [1.807, 2.05) is 19.4 Å². The Labute approximate surface area is 172 Å². The Kier molecular flexibility index (Phi) is 3.62. The monoisotopic (exact) mass is 406 g/mol. The minimum atomic E-state index is -0.287. The Morgan fingerprint density at radius 3 is 2.87 bits per heavy atom. The molecule has 30 heavy (non-hydrogen) atoms. The van der Waals surface area contributed by atoms with Crippen LogP contribution in [-0.2, 0) is 13.5 Å². The van der Waals surface area contributed by atoms with Crippen molar-refractivity contribution in [2.24, 2.45) is 18.7 Å². The maximum Gasteiger partial charge on any atom is 0.144 e. The van der Waals surface area contributed by atoms with Crippen LogP contribution in [0.4, 0.5) is 15.9 Å². The first kappa shape index (κ1) is 17.6. The van der Waals surface area contributed by atoms with Crippen LogP contribution in [0.3, 0.4) is 0 Å². The average molecular weight is 406 g/mol. The molecule has 6 rings (SSSR count). The SMILES string of the molecule is CNc1cc(F)cc2c1[nH]c1nc(Cc3cnn(C)c3)nc(N3C[C@H]4C3C[C@H]4N)c12. The first-order valence-electron chi connectivity index (χ1n) is 10.2. The third kappa shape index (κ3) is 2.44. The maximum absolute atomic E-state index is 14.4. The minimum Gasteiger partial charge on any atom is -0.386 e. The second-order valence-corrected chi connectivity index (χ2v) is 8.42. The molecule has 8 nitrogen and oxygen atoms in total. The maximum atomic E-state index is 14.4. The molecule has 1 saturated carbocycles. The summed E-state index contributed by atoms with van der Waals surface area (Å²) in [5.41, 5.74) is 9.46. The molecule has 1 aromatic carbocycles. The van der Waals surface area contributed by atoms with Crippen molar-refractivity contribution in [2.75, 3.05) is 23.8 Å². The highest BCUT2D eigenvalue weighted by molar-refractivity contribution is 6.14. The second kappa shape index (κ2) is 6.15. The van der Waals surface area contributed by atoms with E-state index < -0.39 is 0 Å². The Bertz CT molecular complexity index is 1290. The van der Waals surface area contributed by atoms with Crippen LogP contribution in [0.15, 0.2) is 24.5 Å². The zero-order valence-corrected chi connectivity index (χ0v) is 16.9. The number of rotatable bonds is 4. The molecule has 2 fully saturated rings. The molecule has 3 atom stereocenters. The third-order valence-corrected chi connectivity index (χ3v) is 6.58. The fraction of sp³-hybridized carbons (Fsp3) is 0.381. The average Bonchev–Trinajstić information content (AvgIpc) is 3.28. The first-order chi connectivity index (χ1) is 14.5. The van der Waals surface area contributed by atoms with E-state index in [1.54, 1.807) is 17.8 Å². The van der Waals surface area contributed by atoms with Gasteiger partial charge in [-0.25, -0.2) is 14.4 Å². The number of hydrogen-bond donors (Lipinski definition) is 3. The Morgan fingerprint density at radius 2 is 2.20 bits per heavy atom. The van der Waals surface area contributed by atoms with E-state index in [-0.39, 0.29) is 11.9 Å². The number of benzene rings is 1. The van der Waals surface area contributed by atoms with Gasteiger partial charge in [-0.1, -0.05) is 0 Å². The van der Waals surface area contributed by atoms with Gasteiger partial charge < -0.3 is 20.9 Å². The van der Waals surface area contributed by atoms with Gasteiger partial charge in [-0.2, -0.15) is 5.10 Å². The van der Waals surface area contributed by atoms with Crippen molar-refractivity contribution in [3.8, 4) is 0 Å². The van der Waals surface area contributed by atoms with Crippen molar-refractivity contribution in [2.45, 2.75) is 24.9 Å². The highest BCUT2D eigenvalue weighted by Crippen LogP contribution is 2.46. The van der Waals surface area contributed by atoms with E-state index in [0.717, 1.165) is 52.1 Å². The normalized spacial score (nSPS) is 22.8. The quantitative estimate of drug-likeness (QED) is 0.480. The summed E-state index contributed by atoms with van der Waals surface area (Å²) in [5.74, 6) is 1.82. The van der Waals surface area contributed by atoms with Crippen LogP contribution >= 0.6 is 0 Å². The number of nitrogens with one attached hydrogen (secondary N) is 2. The van der Waals surface area contributed by atoms with Gasteiger partial charge in [0.2, 0.25) is 0 Å². The summed E-state index contributed by atoms with van der Waals surface area (Å²) in [6.45, 7) is 0.880. The van der Waals surface area contributed by atoms with Crippen LogP contribution in [0.1, 0.15) is 17.8 Å². The van der Waals surface area contributed by atoms with Crippen molar-refractivity contribution in [1.29, 1.82) is 0 Å². The van der Waals surface area contributed by atoms with E-state index in [1.165, 1.54) is 6.07 Å². The first-order valence-corrected chi connectivity index (χ1v) is 10.2. The molecule has 4 N–H and O–H groups in total. The lowest BCUT2D eigenvalue weighted by molar-refractivity contribution is 0.121. The molecule has 0 bridgehead atoms. The summed E-state index contributed by atoms with van der Waals surface area (Å²) in [7, 11) is 3.68. The molecule has 1 unspecified atom stereocenters. The molecule has 9 heteroatoms. The molecule has 4 aromatic rings. The number of hydrogen-bond acceptors (Lipinski definition) is 6. The van der Waals surface area contributed by atoms with Crippen LogP contribution in [0.2, 0.25) is 0 Å². The number of aromatic nitrogens is 5. The van der Waals surface area contributed by atoms with E-state index in [4.69, 9.17) is 15.7 Å². The van der Waals surface area contributed by atoms with Gasteiger partial charge in [0.1, 0.15) is 23.1 Å². The van der Waals surface area contributed by atoms with Gasteiger partial charge in [-0.15, -0.1) is 0 Å². The summed E-state index contributed by atoms with van der Waals surface area (Å²) in [5, 5.41) is 8.99. The van der Waals surface area contributed by atoms with E-state index in [9.17, 15) is 4.39 Å². The fourth-order valence-corrected chi connectivity index (χ4v) is 4.92. The molecule has 0 spiro atoms. The Morgan fingerprint density at radius 1 is 1.33 bits per heavy atom. The molecule has 0 radical (unpaired) electrons. The zero-order chi connectivity index (χ0) is 20.6. The summed E-state index contributed by atoms with van der Waals surface area (Å²) >= 11 is 0. The fourth-order valence-electron chi connectivity index (χ4n) is 4.92. The topological polar surface area (TPSA) is 101 Å². The smallest absolute Gasteiger partial charge is 0.144 e. The van der Waals surface area contributed by atoms with E-state index >= 15 is 0 Å². The summed E-state index contributed by atoms with van der Waals surface area (Å²) in [6, 6.07) is 3.74. The summed E-state index contributed by atoms with van der Waals surface area (Å²) in [6.07, 6.45) is 5.35. The second-order valence-electron chi connectivity index (χ2n) is 8.42. The molecular formula is C21H23FN8. The number of halogens is 1. The van der Waals surface area contributed by atoms with Gasteiger partial charge in [0.25, 0.3) is 0 Å². The predicted molar refractivity (Wildman–Crippen MR) is 114 cm³/mol. The molecule has 1 saturated heterocycles. The Hall–Kier alpha value is -3.20. The van der Waals surface area contributed by atoms with Crippen molar-refractivity contribution >= 4 is 33.4 Å². The lowest BCUT2D eigenvalue weighted by atomic mass is 9.67. The van der Waals surface area contributed by atoms with Crippen LogP contribution < -0.4 is 16.0 Å². The minimum absolute atomic E-state index is 0.273. The number of aromatic amines is 1. The number of anilines is 2. The van der Waals surface area contributed by atoms with Crippen LogP contribution in [0.5, 0.6) is 0 Å². The van der Waals surface area contributed by atoms with Crippen LogP contribution in [-0.4, -0.2) is 50.4 Å². The number of piperidine rings is 1. The summed E-state index contributed by atoms with van der Waals surface area (Å²) < 4.78 is 16.1. The number of aryl methyl sites for hydroxylation is 1. The zero-order valence-electron chi connectivity index (χ0n) is 16.9. The van der Waals surface area contributed by atoms with E-state index in [2.05, 4.69) is 20.3 Å². The standard InChI is InChI=1S/C21H23FN8/c1-24-15-5-11(22)4-12-18-20(28-19(12)15)26-17(3-10-7-25-29(2)8-10)27-21(18)30-9-13-14(23)6-16(13)30/h4-5,7-8,13-14,16,24H,3,6,9,23H2,1-2H3,(H,26,27,28)/t13-,14-,16?/m1/s1. The number of nitrogens with zero attached hydrogens (tertiary/aromatic N) is 5. The van der Waals surface area contributed by atoms with Crippen molar-refractivity contribution in [3.05, 3.63) is 41.7 Å². The van der Waals surface area contributed by atoms with Crippen molar-refractivity contribution in [3.63, 3.8) is 0 Å². The molecule has 154 valence electrons. The number of fused-ring (bicyclic) bond motifs is 4. The van der Waals surface area contributed by atoms with Crippen molar-refractivity contribution < 1.29 is 4.39 Å². The summed E-state index contributed by atoms with van der Waals surface area (Å²) in [4.78, 5) is 15.5. The van der Waals surface area contributed by atoms with Gasteiger partial charge in [-0.3, -0.25) is 4.68 Å². The molecule has 4 heterocycles. The van der Waals surface area contributed by atoms with Gasteiger partial charge >= 0.3 is 0 Å². The largest absolute Gasteiger partial charge is 0.386 e. The number of H-pyrrole nitrogens is 1. The number of nitrogens with two attached hydrogens (primary N) is 1. The Balaban J connectivity index is 1.55. The predicted octanol–water partition coefficient (Wildman–Crippen LogP) is 2.15. The lowest BCUT2D eigenvalue weighted by Gasteiger charge is -2.59. The molecule has 2 aliphatic rings. The van der Waals surface area contributed by atoms with E-state index in [0.29, 0.717) is 24.1 Å². The van der Waals surface area contributed by atoms with Crippen LogP contribution in [0.25, 0.3) is 21.9 Å². The lowest BCUT2D eigenvalue weighted by Crippen LogP contribution is -2.71. The highest BCUT2D eigenvalue weighted by Gasteiger charge is 2.52. The molecular weight excluding hydrogens is 383 g/mol. The molecule has 1 aliphatic carbocycles. The van der Waals surface area contributed by atoms with Crippen LogP contribution in [0, 0.1) is 11.7 Å². The van der Waals surface area contributed by atoms with Crippen molar-refractivity contribution in [1.82, 2.24) is 24.7 Å².